The molecule has 26 heavy (non-hydrogen) atoms. The second-order valence-corrected chi connectivity index (χ2v) is 8.14. The first-order valence-electron chi connectivity index (χ1n) is 9.67. The van der Waals surface area contributed by atoms with Crippen molar-refractivity contribution in [3.63, 3.8) is 0 Å². The number of hydrogen-bond donors (Lipinski definition) is 1. The van der Waals surface area contributed by atoms with Crippen LogP contribution in [0, 0.1) is 17.0 Å². The highest BCUT2D eigenvalue weighted by Crippen LogP contribution is 2.43. The SMILES string of the molecule is O=C1N([C@H]2CC[C@H](O)CC2)CC[C@]12CCCN(c1cc(F)cc(F)c1)C2. The van der Waals surface area contributed by atoms with Crippen LogP contribution >= 0.6 is 0 Å². The molecule has 3 fully saturated rings. The molecule has 0 aromatic heterocycles. The van der Waals surface area contributed by atoms with Gasteiger partial charge in [0.05, 0.1) is 11.5 Å². The van der Waals surface area contributed by atoms with Gasteiger partial charge in [-0.25, -0.2) is 8.78 Å². The van der Waals surface area contributed by atoms with Crippen molar-refractivity contribution in [1.82, 2.24) is 4.90 Å². The number of likely N-dealkylation sites (tertiary alicyclic amines) is 1. The lowest BCUT2D eigenvalue weighted by atomic mass is 9.78. The maximum atomic E-state index is 13.6. The number of aliphatic hydroxyl groups is 1. The molecule has 2 saturated heterocycles. The number of amides is 1. The molecule has 4 rings (SSSR count). The van der Waals surface area contributed by atoms with Gasteiger partial charge in [-0.1, -0.05) is 0 Å². The highest BCUT2D eigenvalue weighted by Gasteiger charge is 2.50. The first-order valence-corrected chi connectivity index (χ1v) is 9.67. The molecule has 0 radical (unpaired) electrons. The summed E-state index contributed by atoms with van der Waals surface area (Å²) in [7, 11) is 0. The lowest BCUT2D eigenvalue weighted by Gasteiger charge is -2.41. The standard InChI is InChI=1S/C20H26F2N2O2/c21-14-10-15(22)12-17(11-14)23-8-1-6-20(13-23)7-9-24(19(20)26)16-2-4-18(25)5-3-16/h10-12,16,18,25H,1-9,13H2/t16-,18-,20-/m0/s1. The average Bonchev–Trinajstić information content (AvgIpc) is 2.91. The fourth-order valence-corrected chi connectivity index (χ4v) is 5.02. The molecule has 2 heterocycles. The van der Waals surface area contributed by atoms with E-state index in [0.717, 1.165) is 57.6 Å². The summed E-state index contributed by atoms with van der Waals surface area (Å²) in [5.74, 6) is -0.972. The van der Waals surface area contributed by atoms with Gasteiger partial charge < -0.3 is 14.9 Å². The number of aliphatic hydroxyl groups excluding tert-OH is 1. The average molecular weight is 364 g/mol. The van der Waals surface area contributed by atoms with Crippen molar-refractivity contribution >= 4 is 11.6 Å². The van der Waals surface area contributed by atoms with Crippen LogP contribution in [0.5, 0.6) is 0 Å². The topological polar surface area (TPSA) is 43.8 Å². The number of carbonyl (C=O) groups excluding carboxylic acids is 1. The van der Waals surface area contributed by atoms with Crippen molar-refractivity contribution in [1.29, 1.82) is 0 Å². The fourth-order valence-electron chi connectivity index (χ4n) is 5.02. The number of rotatable bonds is 2. The van der Waals surface area contributed by atoms with Gasteiger partial charge in [-0.2, -0.15) is 0 Å². The first-order chi connectivity index (χ1) is 12.5. The Hall–Kier alpha value is -1.69. The summed E-state index contributed by atoms with van der Waals surface area (Å²) < 4.78 is 27.2. The highest BCUT2D eigenvalue weighted by molar-refractivity contribution is 5.86. The van der Waals surface area contributed by atoms with Gasteiger partial charge in [-0.15, -0.1) is 0 Å². The Morgan fingerprint density at radius 2 is 1.69 bits per heavy atom. The molecule has 0 unspecified atom stereocenters. The third kappa shape index (κ3) is 3.20. The van der Waals surface area contributed by atoms with Gasteiger partial charge >= 0.3 is 0 Å². The van der Waals surface area contributed by atoms with Crippen molar-refractivity contribution in [3.8, 4) is 0 Å². The summed E-state index contributed by atoms with van der Waals surface area (Å²) in [6.45, 7) is 2.00. The van der Waals surface area contributed by atoms with Crippen molar-refractivity contribution in [2.75, 3.05) is 24.5 Å². The summed E-state index contributed by atoms with van der Waals surface area (Å²) in [5, 5.41) is 9.71. The van der Waals surface area contributed by atoms with E-state index in [1.165, 1.54) is 12.1 Å². The molecule has 1 spiro atoms. The van der Waals surface area contributed by atoms with E-state index in [1.807, 2.05) is 9.80 Å². The van der Waals surface area contributed by atoms with Gasteiger partial charge in [-0.3, -0.25) is 4.79 Å². The lowest BCUT2D eigenvalue weighted by Crippen LogP contribution is -2.50. The molecule has 1 N–H and O–H groups in total. The summed E-state index contributed by atoms with van der Waals surface area (Å²) in [6, 6.07) is 3.81. The van der Waals surface area contributed by atoms with Gasteiger partial charge in [0.2, 0.25) is 5.91 Å². The van der Waals surface area contributed by atoms with Gasteiger partial charge in [0.25, 0.3) is 0 Å². The molecule has 1 aliphatic carbocycles. The van der Waals surface area contributed by atoms with Crippen LogP contribution in [0.2, 0.25) is 0 Å². The Morgan fingerprint density at radius 3 is 2.38 bits per heavy atom. The molecule has 142 valence electrons. The predicted molar refractivity (Wildman–Crippen MR) is 94.8 cm³/mol. The van der Waals surface area contributed by atoms with Crippen molar-refractivity contribution in [3.05, 3.63) is 29.8 Å². The number of benzene rings is 1. The minimum absolute atomic E-state index is 0.195. The van der Waals surface area contributed by atoms with E-state index in [0.29, 0.717) is 18.8 Å². The number of nitrogens with zero attached hydrogens (tertiary/aromatic N) is 2. The number of carbonyl (C=O) groups is 1. The van der Waals surface area contributed by atoms with Crippen molar-refractivity contribution < 1.29 is 18.7 Å². The predicted octanol–water partition coefficient (Wildman–Crippen LogP) is 3.09. The van der Waals surface area contributed by atoms with E-state index in [1.54, 1.807) is 0 Å². The number of halogens is 2. The third-order valence-corrected chi connectivity index (χ3v) is 6.44. The molecule has 1 aromatic rings. The van der Waals surface area contributed by atoms with Gasteiger partial charge in [0, 0.05) is 37.4 Å². The Labute approximate surface area is 152 Å². The van der Waals surface area contributed by atoms with E-state index in [9.17, 15) is 18.7 Å². The zero-order valence-electron chi connectivity index (χ0n) is 15.0. The first kappa shape index (κ1) is 17.7. The Balaban J connectivity index is 1.50. The third-order valence-electron chi connectivity index (χ3n) is 6.44. The van der Waals surface area contributed by atoms with Gasteiger partial charge in [0.15, 0.2) is 0 Å². The molecule has 0 bridgehead atoms. The maximum Gasteiger partial charge on any atom is 0.230 e. The Morgan fingerprint density at radius 1 is 1.00 bits per heavy atom. The number of hydrogen-bond acceptors (Lipinski definition) is 3. The molecule has 6 heteroatoms. The largest absolute Gasteiger partial charge is 0.393 e. The van der Waals surface area contributed by atoms with Crippen LogP contribution in [0.25, 0.3) is 0 Å². The van der Waals surface area contributed by atoms with E-state index in [4.69, 9.17) is 0 Å². The minimum atomic E-state index is -0.584. The number of anilines is 1. The molecule has 1 aromatic carbocycles. The zero-order valence-corrected chi connectivity index (χ0v) is 15.0. The minimum Gasteiger partial charge on any atom is -0.393 e. The van der Waals surface area contributed by atoms with Crippen LogP contribution in [0.4, 0.5) is 14.5 Å². The summed E-state index contributed by atoms with van der Waals surface area (Å²) in [5.41, 5.74) is 0.0884. The summed E-state index contributed by atoms with van der Waals surface area (Å²) in [6.07, 6.45) is 5.51. The molecule has 1 amide bonds. The maximum absolute atomic E-state index is 13.6. The fraction of sp³-hybridized carbons (Fsp3) is 0.650. The molecular formula is C20H26F2N2O2. The van der Waals surface area contributed by atoms with Crippen LogP contribution in [0.1, 0.15) is 44.9 Å². The zero-order chi connectivity index (χ0) is 18.3. The van der Waals surface area contributed by atoms with Crippen LogP contribution in [-0.4, -0.2) is 47.7 Å². The monoisotopic (exact) mass is 364 g/mol. The molecule has 3 aliphatic rings. The lowest BCUT2D eigenvalue weighted by molar-refractivity contribution is -0.139. The number of piperidine rings is 1. The Bertz CT molecular complexity index is 670. The van der Waals surface area contributed by atoms with E-state index >= 15 is 0 Å². The van der Waals surface area contributed by atoms with Gasteiger partial charge in [0.1, 0.15) is 11.6 Å². The van der Waals surface area contributed by atoms with E-state index in [2.05, 4.69) is 0 Å². The van der Waals surface area contributed by atoms with Crippen LogP contribution in [0.3, 0.4) is 0 Å². The molecule has 2 aliphatic heterocycles. The molecule has 1 saturated carbocycles. The molecule has 4 nitrogen and oxygen atoms in total. The normalized spacial score (nSPS) is 32.5. The molecule has 1 atom stereocenters. The van der Waals surface area contributed by atoms with Crippen LogP contribution in [-0.2, 0) is 4.79 Å². The van der Waals surface area contributed by atoms with Crippen LogP contribution < -0.4 is 4.90 Å². The summed E-state index contributed by atoms with van der Waals surface area (Å²) >= 11 is 0. The van der Waals surface area contributed by atoms with Crippen molar-refractivity contribution in [2.24, 2.45) is 5.41 Å². The van der Waals surface area contributed by atoms with Crippen molar-refractivity contribution in [2.45, 2.75) is 57.1 Å². The van der Waals surface area contributed by atoms with Gasteiger partial charge in [-0.05, 0) is 57.1 Å². The second kappa shape index (κ2) is 6.80. The summed E-state index contributed by atoms with van der Waals surface area (Å²) in [4.78, 5) is 17.2. The van der Waals surface area contributed by atoms with Crippen LogP contribution in [0.15, 0.2) is 18.2 Å². The van der Waals surface area contributed by atoms with E-state index in [-0.39, 0.29) is 18.1 Å². The molecular weight excluding hydrogens is 338 g/mol. The quantitative estimate of drug-likeness (QED) is 0.877. The highest BCUT2D eigenvalue weighted by atomic mass is 19.1. The Kier molecular flexibility index (Phi) is 4.63. The smallest absolute Gasteiger partial charge is 0.230 e. The van der Waals surface area contributed by atoms with E-state index < -0.39 is 17.0 Å². The second-order valence-electron chi connectivity index (χ2n) is 8.14.